The first kappa shape index (κ1) is 9.21. The molecule has 13 heavy (non-hydrogen) atoms. The van der Waals surface area contributed by atoms with Crippen molar-refractivity contribution < 1.29 is 5.11 Å². The van der Waals surface area contributed by atoms with Gasteiger partial charge in [0.25, 0.3) is 0 Å². The predicted molar refractivity (Wildman–Crippen MR) is 58.6 cm³/mol. The molecule has 1 atom stereocenters. The van der Waals surface area contributed by atoms with Gasteiger partial charge in [-0.3, -0.25) is 4.98 Å². The van der Waals surface area contributed by atoms with Gasteiger partial charge in [0.2, 0.25) is 0 Å². The highest BCUT2D eigenvalue weighted by molar-refractivity contribution is 14.1. The third-order valence-electron chi connectivity index (χ3n) is 2.25. The minimum absolute atomic E-state index is 0.247. The van der Waals surface area contributed by atoms with Crippen molar-refractivity contribution in [2.75, 3.05) is 6.54 Å². The largest absolute Gasteiger partial charge is 0.506 e. The molecule has 0 aliphatic carbocycles. The number of aromatic hydroxyl groups is 1. The van der Waals surface area contributed by atoms with E-state index in [0.717, 1.165) is 28.7 Å². The number of aromatic nitrogens is 1. The molecule has 70 valence electrons. The number of pyridine rings is 1. The maximum absolute atomic E-state index is 9.64. The summed E-state index contributed by atoms with van der Waals surface area (Å²) >= 11 is 2.14. The second-order valence-electron chi connectivity index (χ2n) is 3.21. The van der Waals surface area contributed by atoms with E-state index in [4.69, 9.17) is 0 Å². The first-order valence-electron chi connectivity index (χ1n) is 4.35. The van der Waals surface area contributed by atoms with Crippen LogP contribution in [0.15, 0.2) is 12.3 Å². The molecule has 0 radical (unpaired) electrons. The lowest BCUT2D eigenvalue weighted by Gasteiger charge is -2.10. The van der Waals surface area contributed by atoms with Crippen LogP contribution in [0, 0.1) is 3.57 Å². The highest BCUT2D eigenvalue weighted by Crippen LogP contribution is 2.28. The highest BCUT2D eigenvalue weighted by atomic mass is 127. The smallest absolute Gasteiger partial charge is 0.139 e. The van der Waals surface area contributed by atoms with Crippen LogP contribution in [0.5, 0.6) is 5.75 Å². The van der Waals surface area contributed by atoms with Crippen LogP contribution in [0.4, 0.5) is 0 Å². The monoisotopic (exact) mass is 290 g/mol. The lowest BCUT2D eigenvalue weighted by atomic mass is 10.1. The molecule has 2 heterocycles. The van der Waals surface area contributed by atoms with Crippen LogP contribution in [0.1, 0.15) is 24.6 Å². The molecule has 1 aliphatic heterocycles. The van der Waals surface area contributed by atoms with E-state index in [-0.39, 0.29) is 6.04 Å². The normalized spacial score (nSPS) is 22.1. The average Bonchev–Trinajstić information content (AvgIpc) is 2.56. The van der Waals surface area contributed by atoms with Crippen molar-refractivity contribution in [1.82, 2.24) is 10.3 Å². The van der Waals surface area contributed by atoms with Crippen LogP contribution in [-0.4, -0.2) is 16.6 Å². The lowest BCUT2D eigenvalue weighted by Crippen LogP contribution is -2.14. The average molecular weight is 290 g/mol. The molecule has 0 spiro atoms. The first-order valence-corrected chi connectivity index (χ1v) is 5.43. The summed E-state index contributed by atoms with van der Waals surface area (Å²) in [7, 11) is 0. The van der Waals surface area contributed by atoms with Crippen molar-refractivity contribution in [3.8, 4) is 5.75 Å². The lowest BCUT2D eigenvalue weighted by molar-refractivity contribution is 0.450. The molecule has 3 nitrogen and oxygen atoms in total. The standard InChI is InChI=1S/C9H11IN2O/c10-6-4-8(13)9(12-5-6)7-2-1-3-11-7/h4-5,7,11,13H,1-3H2. The van der Waals surface area contributed by atoms with E-state index >= 15 is 0 Å². The number of halogens is 1. The Bertz CT molecular complexity index is 310. The summed E-state index contributed by atoms with van der Waals surface area (Å²) in [6, 6.07) is 2.00. The Kier molecular flexibility index (Phi) is 2.69. The van der Waals surface area contributed by atoms with E-state index < -0.39 is 0 Å². The van der Waals surface area contributed by atoms with Gasteiger partial charge >= 0.3 is 0 Å². The Morgan fingerprint density at radius 1 is 1.62 bits per heavy atom. The molecule has 0 amide bonds. The number of nitrogens with zero attached hydrogens (tertiary/aromatic N) is 1. The molecule has 1 aromatic rings. The topological polar surface area (TPSA) is 45.2 Å². The fourth-order valence-electron chi connectivity index (χ4n) is 1.63. The molecule has 0 aromatic carbocycles. The van der Waals surface area contributed by atoms with Crippen LogP contribution in [0.25, 0.3) is 0 Å². The van der Waals surface area contributed by atoms with Crippen molar-refractivity contribution in [2.45, 2.75) is 18.9 Å². The van der Waals surface area contributed by atoms with Crippen molar-refractivity contribution in [3.63, 3.8) is 0 Å². The fourth-order valence-corrected chi connectivity index (χ4v) is 2.06. The molecule has 1 aromatic heterocycles. The van der Waals surface area contributed by atoms with Crippen LogP contribution in [0.2, 0.25) is 0 Å². The zero-order valence-electron chi connectivity index (χ0n) is 7.13. The number of nitrogens with one attached hydrogen (secondary N) is 1. The second-order valence-corrected chi connectivity index (χ2v) is 4.45. The SMILES string of the molecule is Oc1cc(I)cnc1C1CCCN1. The predicted octanol–water partition coefficient (Wildman–Crippen LogP) is 1.82. The van der Waals surface area contributed by atoms with Gasteiger partial charge in [-0.25, -0.2) is 0 Å². The molecule has 2 rings (SSSR count). The fraction of sp³-hybridized carbons (Fsp3) is 0.444. The van der Waals surface area contributed by atoms with Gasteiger partial charge in [0.1, 0.15) is 5.75 Å². The van der Waals surface area contributed by atoms with Crippen molar-refractivity contribution in [3.05, 3.63) is 21.5 Å². The molecule has 0 saturated carbocycles. The van der Waals surface area contributed by atoms with E-state index in [0.29, 0.717) is 5.75 Å². The third kappa shape index (κ3) is 1.94. The molecule has 2 N–H and O–H groups in total. The quantitative estimate of drug-likeness (QED) is 0.775. The number of hydrogen-bond donors (Lipinski definition) is 2. The van der Waals surface area contributed by atoms with Gasteiger partial charge in [-0.15, -0.1) is 0 Å². The molecule has 1 fully saturated rings. The molecule has 1 unspecified atom stereocenters. The van der Waals surface area contributed by atoms with Crippen molar-refractivity contribution in [1.29, 1.82) is 0 Å². The summed E-state index contributed by atoms with van der Waals surface area (Å²) < 4.78 is 0.969. The van der Waals surface area contributed by atoms with Crippen LogP contribution in [-0.2, 0) is 0 Å². The summed E-state index contributed by atoms with van der Waals surface area (Å²) in [5.41, 5.74) is 0.790. The molecule has 1 aliphatic rings. The van der Waals surface area contributed by atoms with Gasteiger partial charge in [-0.05, 0) is 48.0 Å². The molecular formula is C9H11IN2O. The van der Waals surface area contributed by atoms with E-state index in [1.54, 1.807) is 12.3 Å². The maximum Gasteiger partial charge on any atom is 0.139 e. The molecule has 4 heteroatoms. The van der Waals surface area contributed by atoms with Crippen LogP contribution >= 0.6 is 22.6 Å². The zero-order chi connectivity index (χ0) is 9.26. The van der Waals surface area contributed by atoms with E-state index in [2.05, 4.69) is 32.9 Å². The summed E-state index contributed by atoms with van der Waals surface area (Å²) in [6.45, 7) is 1.03. The third-order valence-corrected chi connectivity index (χ3v) is 2.84. The maximum atomic E-state index is 9.64. The van der Waals surface area contributed by atoms with Gasteiger partial charge in [0, 0.05) is 9.77 Å². The van der Waals surface area contributed by atoms with Gasteiger partial charge in [0.15, 0.2) is 0 Å². The van der Waals surface area contributed by atoms with Gasteiger partial charge < -0.3 is 10.4 Å². The Morgan fingerprint density at radius 3 is 3.08 bits per heavy atom. The van der Waals surface area contributed by atoms with E-state index in [1.165, 1.54) is 0 Å². The van der Waals surface area contributed by atoms with Crippen LogP contribution in [0.3, 0.4) is 0 Å². The summed E-state index contributed by atoms with van der Waals surface area (Å²) in [4.78, 5) is 4.24. The van der Waals surface area contributed by atoms with E-state index in [1.807, 2.05) is 0 Å². The van der Waals surface area contributed by atoms with Crippen molar-refractivity contribution in [2.24, 2.45) is 0 Å². The summed E-state index contributed by atoms with van der Waals surface area (Å²) in [5, 5.41) is 13.0. The minimum atomic E-state index is 0.247. The van der Waals surface area contributed by atoms with Gasteiger partial charge in [0.05, 0.1) is 11.7 Å². The highest BCUT2D eigenvalue weighted by Gasteiger charge is 2.20. The Labute approximate surface area is 90.7 Å². The van der Waals surface area contributed by atoms with Crippen molar-refractivity contribution >= 4 is 22.6 Å². The van der Waals surface area contributed by atoms with E-state index in [9.17, 15) is 5.11 Å². The Morgan fingerprint density at radius 2 is 2.46 bits per heavy atom. The Hall–Kier alpha value is -0.360. The summed E-state index contributed by atoms with van der Waals surface area (Å²) in [6.07, 6.45) is 4.02. The second kappa shape index (κ2) is 3.79. The van der Waals surface area contributed by atoms with Crippen LogP contribution < -0.4 is 5.32 Å². The van der Waals surface area contributed by atoms with Gasteiger partial charge in [-0.2, -0.15) is 0 Å². The molecular weight excluding hydrogens is 279 g/mol. The number of rotatable bonds is 1. The first-order chi connectivity index (χ1) is 6.27. The molecule has 1 saturated heterocycles. The summed E-state index contributed by atoms with van der Waals surface area (Å²) in [5.74, 6) is 0.311. The van der Waals surface area contributed by atoms with Gasteiger partial charge in [-0.1, -0.05) is 0 Å². The number of hydrogen-bond acceptors (Lipinski definition) is 3. The zero-order valence-corrected chi connectivity index (χ0v) is 9.28. The minimum Gasteiger partial charge on any atom is -0.506 e. The Balaban J connectivity index is 2.29. The molecule has 0 bridgehead atoms.